The van der Waals surface area contributed by atoms with Gasteiger partial charge in [-0.1, -0.05) is 12.1 Å². The maximum absolute atomic E-state index is 11.9. The van der Waals surface area contributed by atoms with Crippen molar-refractivity contribution in [3.05, 3.63) is 59.2 Å². The first-order valence-electron chi connectivity index (χ1n) is 6.86. The van der Waals surface area contributed by atoms with Crippen LogP contribution in [0, 0.1) is 13.8 Å². The van der Waals surface area contributed by atoms with Gasteiger partial charge in [0.25, 0.3) is 5.91 Å². The van der Waals surface area contributed by atoms with Gasteiger partial charge in [0.15, 0.2) is 6.61 Å². The zero-order valence-corrected chi connectivity index (χ0v) is 12.6. The number of carbonyl (C=O) groups excluding carboxylic acids is 2. The van der Waals surface area contributed by atoms with E-state index in [4.69, 9.17) is 10.5 Å². The van der Waals surface area contributed by atoms with Crippen molar-refractivity contribution in [3.8, 4) is 0 Å². The van der Waals surface area contributed by atoms with Gasteiger partial charge in [-0.05, 0) is 55.3 Å². The molecule has 114 valence electrons. The molecule has 0 radical (unpaired) electrons. The van der Waals surface area contributed by atoms with Crippen molar-refractivity contribution in [3.63, 3.8) is 0 Å². The van der Waals surface area contributed by atoms with E-state index < -0.39 is 5.97 Å². The molecule has 0 aliphatic heterocycles. The normalized spacial score (nSPS) is 10.1. The summed E-state index contributed by atoms with van der Waals surface area (Å²) >= 11 is 0. The first kappa shape index (κ1) is 15.6. The van der Waals surface area contributed by atoms with Crippen LogP contribution in [0.25, 0.3) is 0 Å². The second-order valence-electron chi connectivity index (χ2n) is 4.99. The summed E-state index contributed by atoms with van der Waals surface area (Å²) in [6.07, 6.45) is 0. The molecule has 0 aliphatic carbocycles. The molecule has 0 saturated heterocycles. The minimum atomic E-state index is -0.559. The number of nitrogen functional groups attached to an aromatic ring is 1. The highest BCUT2D eigenvalue weighted by Gasteiger charge is 2.11. The van der Waals surface area contributed by atoms with Crippen molar-refractivity contribution in [1.82, 2.24) is 0 Å². The average Bonchev–Trinajstić information content (AvgIpc) is 2.50. The molecular weight excluding hydrogens is 280 g/mol. The van der Waals surface area contributed by atoms with Gasteiger partial charge >= 0.3 is 5.97 Å². The molecule has 0 atom stereocenters. The maximum Gasteiger partial charge on any atom is 0.338 e. The number of esters is 1. The number of amides is 1. The van der Waals surface area contributed by atoms with Crippen molar-refractivity contribution < 1.29 is 14.3 Å². The van der Waals surface area contributed by atoms with Gasteiger partial charge in [-0.15, -0.1) is 0 Å². The number of rotatable bonds is 4. The van der Waals surface area contributed by atoms with Crippen LogP contribution in [-0.4, -0.2) is 18.5 Å². The van der Waals surface area contributed by atoms with Crippen LogP contribution in [0.2, 0.25) is 0 Å². The quantitative estimate of drug-likeness (QED) is 0.671. The van der Waals surface area contributed by atoms with Gasteiger partial charge < -0.3 is 15.8 Å². The Hall–Kier alpha value is -2.82. The van der Waals surface area contributed by atoms with E-state index in [0.717, 1.165) is 11.1 Å². The summed E-state index contributed by atoms with van der Waals surface area (Å²) in [5, 5.41) is 2.73. The standard InChI is InChI=1S/C17H18N2O3/c1-11-4-3-5-15(12(11)2)19-16(20)10-22-17(21)13-6-8-14(18)9-7-13/h3-9H,10,18H2,1-2H3,(H,19,20). The highest BCUT2D eigenvalue weighted by atomic mass is 16.5. The number of nitrogens with two attached hydrogens (primary N) is 1. The first-order valence-corrected chi connectivity index (χ1v) is 6.86. The molecule has 0 spiro atoms. The van der Waals surface area contributed by atoms with E-state index in [1.54, 1.807) is 24.3 Å². The highest BCUT2D eigenvalue weighted by Crippen LogP contribution is 2.17. The van der Waals surface area contributed by atoms with Crippen molar-refractivity contribution in [2.45, 2.75) is 13.8 Å². The molecule has 2 aromatic rings. The summed E-state index contributed by atoms with van der Waals surface area (Å²) in [4.78, 5) is 23.6. The minimum Gasteiger partial charge on any atom is -0.452 e. The van der Waals surface area contributed by atoms with Crippen molar-refractivity contribution in [2.75, 3.05) is 17.7 Å². The van der Waals surface area contributed by atoms with Crippen molar-refractivity contribution >= 4 is 23.3 Å². The summed E-state index contributed by atoms with van der Waals surface area (Å²) in [5.74, 6) is -0.936. The predicted octanol–water partition coefficient (Wildman–Crippen LogP) is 2.68. The van der Waals surface area contributed by atoms with Crippen LogP contribution in [0.3, 0.4) is 0 Å². The first-order chi connectivity index (χ1) is 10.5. The molecule has 0 fully saturated rings. The third kappa shape index (κ3) is 3.85. The lowest BCUT2D eigenvalue weighted by Gasteiger charge is -2.10. The smallest absolute Gasteiger partial charge is 0.338 e. The van der Waals surface area contributed by atoms with Crippen LogP contribution in [0.15, 0.2) is 42.5 Å². The molecule has 0 aromatic heterocycles. The van der Waals surface area contributed by atoms with Crippen LogP contribution >= 0.6 is 0 Å². The van der Waals surface area contributed by atoms with E-state index in [-0.39, 0.29) is 12.5 Å². The second-order valence-corrected chi connectivity index (χ2v) is 4.99. The molecule has 0 saturated carbocycles. The van der Waals surface area contributed by atoms with Gasteiger partial charge in [0.05, 0.1) is 5.56 Å². The molecule has 2 rings (SSSR count). The van der Waals surface area contributed by atoms with E-state index >= 15 is 0 Å². The van der Waals surface area contributed by atoms with Gasteiger partial charge in [0, 0.05) is 11.4 Å². The lowest BCUT2D eigenvalue weighted by atomic mass is 10.1. The van der Waals surface area contributed by atoms with E-state index in [0.29, 0.717) is 16.9 Å². The SMILES string of the molecule is Cc1cccc(NC(=O)COC(=O)c2ccc(N)cc2)c1C. The summed E-state index contributed by atoms with van der Waals surface area (Å²) < 4.78 is 4.98. The van der Waals surface area contributed by atoms with E-state index in [2.05, 4.69) is 5.32 Å². The Bertz CT molecular complexity index is 694. The Kier molecular flexibility index (Phi) is 4.78. The number of anilines is 2. The Morgan fingerprint density at radius 1 is 1.09 bits per heavy atom. The molecule has 0 bridgehead atoms. The molecule has 22 heavy (non-hydrogen) atoms. The van der Waals surface area contributed by atoms with Gasteiger partial charge in [0.1, 0.15) is 0 Å². The number of hydrogen-bond donors (Lipinski definition) is 2. The largest absolute Gasteiger partial charge is 0.452 e. The third-order valence-corrected chi connectivity index (χ3v) is 3.36. The molecular formula is C17H18N2O3. The molecule has 0 heterocycles. The van der Waals surface area contributed by atoms with E-state index in [1.165, 1.54) is 0 Å². The number of ether oxygens (including phenoxy) is 1. The third-order valence-electron chi connectivity index (χ3n) is 3.36. The molecule has 5 nitrogen and oxygen atoms in total. The number of benzene rings is 2. The zero-order valence-electron chi connectivity index (χ0n) is 12.6. The minimum absolute atomic E-state index is 0.337. The molecule has 5 heteroatoms. The van der Waals surface area contributed by atoms with Crippen LogP contribution in [-0.2, 0) is 9.53 Å². The van der Waals surface area contributed by atoms with Gasteiger partial charge in [-0.2, -0.15) is 0 Å². The Labute approximate surface area is 129 Å². The molecule has 1 amide bonds. The average molecular weight is 298 g/mol. The fraction of sp³-hybridized carbons (Fsp3) is 0.176. The molecule has 2 aromatic carbocycles. The highest BCUT2D eigenvalue weighted by molar-refractivity contribution is 5.96. The summed E-state index contributed by atoms with van der Waals surface area (Å²) in [6, 6.07) is 12.0. The number of hydrogen-bond acceptors (Lipinski definition) is 4. The summed E-state index contributed by atoms with van der Waals surface area (Å²) in [6.45, 7) is 3.55. The molecule has 0 aliphatic rings. The lowest BCUT2D eigenvalue weighted by Crippen LogP contribution is -2.21. The fourth-order valence-electron chi connectivity index (χ4n) is 1.91. The van der Waals surface area contributed by atoms with Crippen LogP contribution in [0.4, 0.5) is 11.4 Å². The van der Waals surface area contributed by atoms with Crippen LogP contribution in [0.5, 0.6) is 0 Å². The monoisotopic (exact) mass is 298 g/mol. The van der Waals surface area contributed by atoms with Gasteiger partial charge in [-0.25, -0.2) is 4.79 Å². The topological polar surface area (TPSA) is 81.4 Å². The van der Waals surface area contributed by atoms with Gasteiger partial charge in [0.2, 0.25) is 0 Å². The van der Waals surface area contributed by atoms with Gasteiger partial charge in [-0.3, -0.25) is 4.79 Å². The number of nitrogens with one attached hydrogen (secondary N) is 1. The van der Waals surface area contributed by atoms with E-state index in [1.807, 2.05) is 32.0 Å². The number of aryl methyl sites for hydroxylation is 1. The Morgan fingerprint density at radius 3 is 2.45 bits per heavy atom. The van der Waals surface area contributed by atoms with Crippen LogP contribution in [0.1, 0.15) is 21.5 Å². The van der Waals surface area contributed by atoms with Crippen LogP contribution < -0.4 is 11.1 Å². The summed E-state index contributed by atoms with van der Waals surface area (Å²) in [7, 11) is 0. The Morgan fingerprint density at radius 2 is 1.77 bits per heavy atom. The van der Waals surface area contributed by atoms with E-state index in [9.17, 15) is 9.59 Å². The fourth-order valence-corrected chi connectivity index (χ4v) is 1.91. The lowest BCUT2D eigenvalue weighted by molar-refractivity contribution is -0.119. The predicted molar refractivity (Wildman–Crippen MR) is 85.7 cm³/mol. The maximum atomic E-state index is 11.9. The number of carbonyl (C=O) groups is 2. The van der Waals surface area contributed by atoms with Crippen molar-refractivity contribution in [2.24, 2.45) is 0 Å². The Balaban J connectivity index is 1.91. The molecule has 3 N–H and O–H groups in total. The summed E-state index contributed by atoms with van der Waals surface area (Å²) in [5.41, 5.74) is 9.24. The van der Waals surface area contributed by atoms with Crippen molar-refractivity contribution in [1.29, 1.82) is 0 Å². The molecule has 0 unspecified atom stereocenters. The second kappa shape index (κ2) is 6.76. The zero-order chi connectivity index (χ0) is 16.1.